The van der Waals surface area contributed by atoms with Gasteiger partial charge in [-0.05, 0) is 24.3 Å². The maximum absolute atomic E-state index is 12.7. The Morgan fingerprint density at radius 3 is 1.81 bits per heavy atom. The van der Waals surface area contributed by atoms with Crippen molar-refractivity contribution in [2.24, 2.45) is 0 Å². The molecule has 0 aliphatic rings. The lowest BCUT2D eigenvalue weighted by Crippen LogP contribution is -2.11. The summed E-state index contributed by atoms with van der Waals surface area (Å²) in [7, 11) is 0. The van der Waals surface area contributed by atoms with Gasteiger partial charge in [0.2, 0.25) is 0 Å². The first-order valence-corrected chi connectivity index (χ1v) is 5.56. The lowest BCUT2D eigenvalue weighted by molar-refractivity contribution is -0.143. The molecule has 1 heterocycles. The molecule has 0 saturated heterocycles. The summed E-state index contributed by atoms with van der Waals surface area (Å²) in [6, 6.07) is 2.37. The highest BCUT2D eigenvalue weighted by molar-refractivity contribution is 5.62. The molecule has 0 radical (unpaired) electrons. The van der Waals surface area contributed by atoms with E-state index in [0.717, 1.165) is 0 Å². The first-order chi connectivity index (χ1) is 9.61. The van der Waals surface area contributed by atoms with Crippen molar-refractivity contribution >= 4 is 0 Å². The number of hydrogen-bond acceptors (Lipinski definition) is 2. The predicted molar refractivity (Wildman–Crippen MR) is 60.0 cm³/mol. The molecule has 2 rings (SSSR count). The summed E-state index contributed by atoms with van der Waals surface area (Å²) in [4.78, 5) is 0. The van der Waals surface area contributed by atoms with Crippen LogP contribution in [0, 0.1) is 0 Å². The van der Waals surface area contributed by atoms with E-state index in [4.69, 9.17) is 5.11 Å². The van der Waals surface area contributed by atoms with Crippen molar-refractivity contribution < 1.29 is 31.4 Å². The number of aliphatic hydroxyl groups excluding tert-OH is 1. The number of aromatic amines is 1. The van der Waals surface area contributed by atoms with E-state index >= 15 is 0 Å². The molecule has 0 bridgehead atoms. The number of rotatable bonds is 2. The average Bonchev–Trinajstić information content (AvgIpc) is 2.85. The Morgan fingerprint density at radius 2 is 1.43 bits per heavy atom. The molecule has 0 aliphatic heterocycles. The zero-order chi connectivity index (χ0) is 15.8. The van der Waals surface area contributed by atoms with Crippen LogP contribution in [0.5, 0.6) is 0 Å². The monoisotopic (exact) mass is 310 g/mol. The summed E-state index contributed by atoms with van der Waals surface area (Å²) in [6.45, 7) is -0.460. The van der Waals surface area contributed by atoms with Crippen LogP contribution in [0.25, 0.3) is 11.3 Å². The summed E-state index contributed by atoms with van der Waals surface area (Å²) in [5.41, 5.74) is -3.11. The van der Waals surface area contributed by atoms with Gasteiger partial charge in [-0.3, -0.25) is 5.10 Å². The van der Waals surface area contributed by atoms with Crippen molar-refractivity contribution in [1.29, 1.82) is 0 Å². The van der Waals surface area contributed by atoms with E-state index in [2.05, 4.69) is 10.2 Å². The van der Waals surface area contributed by atoms with Gasteiger partial charge in [-0.15, -0.1) is 0 Å². The molecule has 0 fully saturated rings. The Labute approximate surface area is 114 Å². The topological polar surface area (TPSA) is 48.9 Å². The van der Waals surface area contributed by atoms with Crippen molar-refractivity contribution in [3.63, 3.8) is 0 Å². The second-order valence-electron chi connectivity index (χ2n) is 4.23. The number of H-pyrrole nitrogens is 1. The van der Waals surface area contributed by atoms with E-state index in [9.17, 15) is 26.3 Å². The highest BCUT2D eigenvalue weighted by Crippen LogP contribution is 2.38. The van der Waals surface area contributed by atoms with Gasteiger partial charge >= 0.3 is 12.4 Å². The largest absolute Gasteiger partial charge is 0.416 e. The molecular weight excluding hydrogens is 302 g/mol. The Morgan fingerprint density at radius 1 is 0.905 bits per heavy atom. The van der Waals surface area contributed by atoms with Crippen molar-refractivity contribution in [3.8, 4) is 11.3 Å². The Hall–Kier alpha value is -2.03. The number of hydrogen-bond donors (Lipinski definition) is 2. The molecule has 0 aliphatic carbocycles. The van der Waals surface area contributed by atoms with E-state index in [-0.39, 0.29) is 23.0 Å². The van der Waals surface area contributed by atoms with E-state index in [0.29, 0.717) is 12.1 Å². The van der Waals surface area contributed by atoms with Gasteiger partial charge in [0.25, 0.3) is 0 Å². The maximum Gasteiger partial charge on any atom is 0.416 e. The molecule has 0 saturated carbocycles. The Bertz CT molecular complexity index is 612. The van der Waals surface area contributed by atoms with Crippen LogP contribution in [-0.4, -0.2) is 15.3 Å². The first kappa shape index (κ1) is 15.4. The number of aromatic nitrogens is 2. The second kappa shape index (κ2) is 5.06. The molecule has 21 heavy (non-hydrogen) atoms. The fourth-order valence-electron chi connectivity index (χ4n) is 1.69. The second-order valence-corrected chi connectivity index (χ2v) is 4.23. The number of benzene rings is 1. The smallest absolute Gasteiger partial charge is 0.390 e. The molecular formula is C12H8F6N2O. The third-order valence-electron chi connectivity index (χ3n) is 2.68. The van der Waals surface area contributed by atoms with Gasteiger partial charge in [-0.1, -0.05) is 0 Å². The molecule has 3 nitrogen and oxygen atoms in total. The van der Waals surface area contributed by atoms with Crippen LogP contribution in [0.2, 0.25) is 0 Å². The molecule has 1 aromatic carbocycles. The molecule has 1 aromatic heterocycles. The maximum atomic E-state index is 12.7. The first-order valence-electron chi connectivity index (χ1n) is 5.56. The highest BCUT2D eigenvalue weighted by atomic mass is 19.4. The lowest BCUT2D eigenvalue weighted by Gasteiger charge is -2.13. The van der Waals surface area contributed by atoms with Crippen LogP contribution in [0.15, 0.2) is 24.3 Å². The SMILES string of the molecule is OCc1cc(-c2cc(C(F)(F)F)cc(C(F)(F)F)c2)n[nH]1. The van der Waals surface area contributed by atoms with E-state index in [1.807, 2.05) is 0 Å². The summed E-state index contributed by atoms with van der Waals surface area (Å²) < 4.78 is 76.1. The Kier molecular flexibility index (Phi) is 3.70. The fraction of sp³-hybridized carbons (Fsp3) is 0.250. The van der Waals surface area contributed by atoms with Gasteiger partial charge < -0.3 is 5.11 Å². The van der Waals surface area contributed by atoms with Crippen molar-refractivity contribution in [2.75, 3.05) is 0 Å². The molecule has 2 N–H and O–H groups in total. The summed E-state index contributed by atoms with van der Waals surface area (Å²) in [6.07, 6.45) is -9.82. The predicted octanol–water partition coefficient (Wildman–Crippen LogP) is 3.61. The third-order valence-corrected chi connectivity index (χ3v) is 2.68. The molecule has 114 valence electrons. The van der Waals surface area contributed by atoms with Gasteiger partial charge in [-0.2, -0.15) is 31.4 Å². The van der Waals surface area contributed by atoms with Crippen LogP contribution < -0.4 is 0 Å². The average molecular weight is 310 g/mol. The molecule has 0 amide bonds. The van der Waals surface area contributed by atoms with Crippen LogP contribution >= 0.6 is 0 Å². The minimum atomic E-state index is -4.91. The van der Waals surface area contributed by atoms with Crippen molar-refractivity contribution in [3.05, 3.63) is 41.1 Å². The van der Waals surface area contributed by atoms with E-state index in [1.54, 1.807) is 0 Å². The fourth-order valence-corrected chi connectivity index (χ4v) is 1.69. The molecule has 9 heteroatoms. The minimum Gasteiger partial charge on any atom is -0.390 e. The zero-order valence-electron chi connectivity index (χ0n) is 10.2. The summed E-state index contributed by atoms with van der Waals surface area (Å²) in [5, 5.41) is 14.7. The van der Waals surface area contributed by atoms with Crippen LogP contribution in [0.1, 0.15) is 16.8 Å². The molecule has 0 atom stereocenters. The number of nitrogens with one attached hydrogen (secondary N) is 1. The number of aliphatic hydroxyl groups is 1. The molecule has 0 unspecified atom stereocenters. The van der Waals surface area contributed by atoms with E-state index < -0.39 is 30.1 Å². The molecule has 0 spiro atoms. The van der Waals surface area contributed by atoms with Crippen molar-refractivity contribution in [1.82, 2.24) is 10.2 Å². The van der Waals surface area contributed by atoms with Gasteiger partial charge in [0, 0.05) is 5.56 Å². The quantitative estimate of drug-likeness (QED) is 0.833. The highest BCUT2D eigenvalue weighted by Gasteiger charge is 2.37. The van der Waals surface area contributed by atoms with Gasteiger partial charge in [-0.25, -0.2) is 0 Å². The summed E-state index contributed by atoms with van der Waals surface area (Å²) in [5.74, 6) is 0. The van der Waals surface area contributed by atoms with Gasteiger partial charge in [0.1, 0.15) is 0 Å². The lowest BCUT2D eigenvalue weighted by atomic mass is 10.0. The number of halogens is 6. The van der Waals surface area contributed by atoms with E-state index in [1.165, 1.54) is 6.07 Å². The van der Waals surface area contributed by atoms with Crippen LogP contribution in [0.4, 0.5) is 26.3 Å². The van der Waals surface area contributed by atoms with Gasteiger partial charge in [0.15, 0.2) is 0 Å². The van der Waals surface area contributed by atoms with Crippen LogP contribution in [0.3, 0.4) is 0 Å². The minimum absolute atomic E-state index is 0.0448. The summed E-state index contributed by atoms with van der Waals surface area (Å²) >= 11 is 0. The van der Waals surface area contributed by atoms with Crippen molar-refractivity contribution in [2.45, 2.75) is 19.0 Å². The zero-order valence-corrected chi connectivity index (χ0v) is 10.2. The Balaban J connectivity index is 2.60. The van der Waals surface area contributed by atoms with Crippen LogP contribution in [-0.2, 0) is 19.0 Å². The number of nitrogens with zero attached hydrogens (tertiary/aromatic N) is 1. The standard InChI is InChI=1S/C12H8F6N2O/c13-11(14,15)7-1-6(2-8(3-7)12(16,17)18)10-4-9(5-21)19-20-10/h1-4,21H,5H2,(H,19,20). The normalized spacial score (nSPS) is 12.7. The number of alkyl halides is 6. The third kappa shape index (κ3) is 3.35. The van der Waals surface area contributed by atoms with Gasteiger partial charge in [0.05, 0.1) is 29.1 Å². The molecule has 2 aromatic rings.